The molecule has 0 spiro atoms. The third kappa shape index (κ3) is 2.24. The van der Waals surface area contributed by atoms with Gasteiger partial charge in [0.05, 0.1) is 7.11 Å². The SMILES string of the molecule is COc1ccc(N)cc1Oc1nc(C2CC2)ns1. The molecule has 2 N–H and O–H groups in total. The van der Waals surface area contributed by atoms with E-state index in [1.165, 1.54) is 24.4 Å². The summed E-state index contributed by atoms with van der Waals surface area (Å²) >= 11 is 1.26. The third-order valence-corrected chi connectivity index (χ3v) is 3.36. The number of hydrogen-bond acceptors (Lipinski definition) is 6. The Morgan fingerprint density at radius 1 is 1.33 bits per heavy atom. The number of rotatable bonds is 4. The van der Waals surface area contributed by atoms with E-state index in [1.807, 2.05) is 0 Å². The first-order valence-corrected chi connectivity index (χ1v) is 6.48. The predicted octanol–water partition coefficient (Wildman–Crippen LogP) is 2.80. The van der Waals surface area contributed by atoms with Crippen LogP contribution in [0, 0.1) is 0 Å². The molecule has 0 aliphatic heterocycles. The maximum absolute atomic E-state index is 5.73. The lowest BCUT2D eigenvalue weighted by atomic mass is 10.3. The molecule has 94 valence electrons. The van der Waals surface area contributed by atoms with E-state index in [-0.39, 0.29) is 0 Å². The average molecular weight is 263 g/mol. The normalized spacial score (nSPS) is 14.5. The molecule has 1 aliphatic rings. The van der Waals surface area contributed by atoms with E-state index in [0.717, 1.165) is 5.82 Å². The second-order valence-corrected chi connectivity index (χ2v) is 4.92. The van der Waals surface area contributed by atoms with Gasteiger partial charge in [0.15, 0.2) is 11.5 Å². The Bertz CT molecular complexity index is 566. The summed E-state index contributed by atoms with van der Waals surface area (Å²) in [5, 5.41) is 0.529. The van der Waals surface area contributed by atoms with Crippen LogP contribution in [0.2, 0.25) is 0 Å². The third-order valence-electron chi connectivity index (χ3n) is 2.75. The molecule has 0 saturated heterocycles. The number of anilines is 1. The van der Waals surface area contributed by atoms with Gasteiger partial charge in [0.1, 0.15) is 5.82 Å². The fourth-order valence-electron chi connectivity index (χ4n) is 1.64. The van der Waals surface area contributed by atoms with Gasteiger partial charge in [0, 0.05) is 29.2 Å². The number of nitrogen functional groups attached to an aromatic ring is 1. The number of methoxy groups -OCH3 is 1. The van der Waals surface area contributed by atoms with Crippen LogP contribution >= 0.6 is 11.5 Å². The summed E-state index contributed by atoms with van der Waals surface area (Å²) in [4.78, 5) is 4.36. The highest BCUT2D eigenvalue weighted by molar-refractivity contribution is 7.07. The number of aromatic nitrogens is 2. The number of nitrogens with two attached hydrogens (primary N) is 1. The van der Waals surface area contributed by atoms with Gasteiger partial charge in [-0.3, -0.25) is 0 Å². The quantitative estimate of drug-likeness (QED) is 0.859. The molecule has 0 amide bonds. The van der Waals surface area contributed by atoms with Crippen molar-refractivity contribution in [2.75, 3.05) is 12.8 Å². The van der Waals surface area contributed by atoms with Crippen LogP contribution in [0.1, 0.15) is 24.6 Å². The first-order valence-electron chi connectivity index (χ1n) is 5.71. The molecule has 1 aliphatic carbocycles. The van der Waals surface area contributed by atoms with Gasteiger partial charge in [-0.2, -0.15) is 9.36 Å². The highest BCUT2D eigenvalue weighted by Crippen LogP contribution is 2.41. The van der Waals surface area contributed by atoms with E-state index in [9.17, 15) is 0 Å². The minimum absolute atomic E-state index is 0.529. The zero-order chi connectivity index (χ0) is 12.5. The lowest BCUT2D eigenvalue weighted by molar-refractivity contribution is 0.378. The van der Waals surface area contributed by atoms with Crippen molar-refractivity contribution in [1.29, 1.82) is 0 Å². The summed E-state index contributed by atoms with van der Waals surface area (Å²) in [5.41, 5.74) is 6.35. The van der Waals surface area contributed by atoms with E-state index < -0.39 is 0 Å². The highest BCUT2D eigenvalue weighted by atomic mass is 32.1. The Balaban J connectivity index is 1.83. The van der Waals surface area contributed by atoms with Crippen molar-refractivity contribution in [3.8, 4) is 16.7 Å². The molecular weight excluding hydrogens is 250 g/mol. The molecule has 0 bridgehead atoms. The average Bonchev–Trinajstić information content (AvgIpc) is 3.11. The minimum atomic E-state index is 0.529. The van der Waals surface area contributed by atoms with Crippen LogP contribution in [-0.2, 0) is 0 Å². The number of hydrogen-bond donors (Lipinski definition) is 1. The lowest BCUT2D eigenvalue weighted by Gasteiger charge is -2.08. The van der Waals surface area contributed by atoms with Crippen molar-refractivity contribution < 1.29 is 9.47 Å². The van der Waals surface area contributed by atoms with E-state index in [0.29, 0.717) is 28.3 Å². The van der Waals surface area contributed by atoms with Gasteiger partial charge < -0.3 is 15.2 Å². The Labute approximate surface area is 109 Å². The molecule has 0 atom stereocenters. The van der Waals surface area contributed by atoms with Gasteiger partial charge in [-0.1, -0.05) is 0 Å². The molecule has 1 heterocycles. The van der Waals surface area contributed by atoms with E-state index in [2.05, 4.69) is 9.36 Å². The molecule has 0 unspecified atom stereocenters. The minimum Gasteiger partial charge on any atom is -0.493 e. The predicted molar refractivity (Wildman–Crippen MR) is 69.4 cm³/mol. The van der Waals surface area contributed by atoms with Gasteiger partial charge in [0.2, 0.25) is 0 Å². The summed E-state index contributed by atoms with van der Waals surface area (Å²) in [6, 6.07) is 5.26. The molecule has 6 heteroatoms. The van der Waals surface area contributed by atoms with Crippen molar-refractivity contribution in [3.63, 3.8) is 0 Å². The molecule has 18 heavy (non-hydrogen) atoms. The van der Waals surface area contributed by atoms with Gasteiger partial charge in [0.25, 0.3) is 5.19 Å². The van der Waals surface area contributed by atoms with Crippen molar-refractivity contribution in [3.05, 3.63) is 24.0 Å². The summed E-state index contributed by atoms with van der Waals surface area (Å²) in [6.45, 7) is 0. The second-order valence-electron chi connectivity index (χ2n) is 4.21. The molecule has 2 aromatic rings. The van der Waals surface area contributed by atoms with Crippen molar-refractivity contribution in [1.82, 2.24) is 9.36 Å². The van der Waals surface area contributed by atoms with Crippen LogP contribution in [0.5, 0.6) is 16.7 Å². The monoisotopic (exact) mass is 263 g/mol. The summed E-state index contributed by atoms with van der Waals surface area (Å²) in [7, 11) is 1.59. The summed E-state index contributed by atoms with van der Waals surface area (Å²) < 4.78 is 15.2. The van der Waals surface area contributed by atoms with E-state index >= 15 is 0 Å². The standard InChI is InChI=1S/C12H13N3O2S/c1-16-9-5-4-8(13)6-10(9)17-12-14-11(15-18-12)7-2-3-7/h4-7H,2-3,13H2,1H3. The van der Waals surface area contributed by atoms with Gasteiger partial charge >= 0.3 is 0 Å². The fourth-order valence-corrected chi connectivity index (χ4v) is 2.26. The van der Waals surface area contributed by atoms with Crippen LogP contribution in [0.4, 0.5) is 5.69 Å². The first-order chi connectivity index (χ1) is 8.76. The second kappa shape index (κ2) is 4.45. The maximum atomic E-state index is 5.73. The first kappa shape index (κ1) is 11.3. The molecule has 1 aromatic carbocycles. The van der Waals surface area contributed by atoms with E-state index in [1.54, 1.807) is 25.3 Å². The smallest absolute Gasteiger partial charge is 0.298 e. The topological polar surface area (TPSA) is 70.3 Å². The molecule has 3 rings (SSSR count). The zero-order valence-corrected chi connectivity index (χ0v) is 10.7. The highest BCUT2D eigenvalue weighted by Gasteiger charge is 2.28. The number of nitrogens with zero attached hydrogens (tertiary/aromatic N) is 2. The Morgan fingerprint density at radius 3 is 2.89 bits per heavy atom. The fraction of sp³-hybridized carbons (Fsp3) is 0.333. The Hall–Kier alpha value is -1.82. The lowest BCUT2D eigenvalue weighted by Crippen LogP contribution is -1.92. The molecule has 5 nitrogen and oxygen atoms in total. The van der Waals surface area contributed by atoms with Crippen molar-refractivity contribution in [2.45, 2.75) is 18.8 Å². The van der Waals surface area contributed by atoms with Crippen molar-refractivity contribution >= 4 is 17.2 Å². The van der Waals surface area contributed by atoms with E-state index in [4.69, 9.17) is 15.2 Å². The van der Waals surface area contributed by atoms with Gasteiger partial charge in [-0.15, -0.1) is 0 Å². The summed E-state index contributed by atoms with van der Waals surface area (Å²) in [6.07, 6.45) is 2.36. The molecule has 0 radical (unpaired) electrons. The van der Waals surface area contributed by atoms with Gasteiger partial charge in [-0.05, 0) is 25.0 Å². The molecular formula is C12H13N3O2S. The van der Waals surface area contributed by atoms with Crippen LogP contribution in [-0.4, -0.2) is 16.5 Å². The molecule has 1 aromatic heterocycles. The van der Waals surface area contributed by atoms with Crippen LogP contribution in [0.25, 0.3) is 0 Å². The summed E-state index contributed by atoms with van der Waals surface area (Å²) in [5.74, 6) is 2.61. The van der Waals surface area contributed by atoms with Crippen LogP contribution in [0.15, 0.2) is 18.2 Å². The molecule has 1 saturated carbocycles. The van der Waals surface area contributed by atoms with Crippen LogP contribution < -0.4 is 15.2 Å². The number of ether oxygens (including phenoxy) is 2. The maximum Gasteiger partial charge on any atom is 0.298 e. The zero-order valence-electron chi connectivity index (χ0n) is 9.92. The molecule has 1 fully saturated rings. The van der Waals surface area contributed by atoms with Crippen molar-refractivity contribution in [2.24, 2.45) is 0 Å². The van der Waals surface area contributed by atoms with Gasteiger partial charge in [-0.25, -0.2) is 0 Å². The Kier molecular flexibility index (Phi) is 2.79. The number of benzene rings is 1. The Morgan fingerprint density at radius 2 is 2.17 bits per heavy atom. The van der Waals surface area contributed by atoms with Crippen LogP contribution in [0.3, 0.4) is 0 Å². The largest absolute Gasteiger partial charge is 0.493 e.